The molecule has 2 aliphatic heterocycles. The third-order valence-electron chi connectivity index (χ3n) is 4.20. The molecule has 1 aromatic rings. The number of carbonyl (C=O) groups excluding carboxylic acids is 1. The predicted octanol–water partition coefficient (Wildman–Crippen LogP) is 1.84. The lowest BCUT2D eigenvalue weighted by molar-refractivity contribution is -0.123. The van der Waals surface area contributed by atoms with Crippen molar-refractivity contribution in [3.8, 4) is 5.75 Å². The Balaban J connectivity index is 0.00000147. The van der Waals surface area contributed by atoms with Crippen LogP contribution in [0.15, 0.2) is 18.3 Å². The molecule has 2 saturated heterocycles. The van der Waals surface area contributed by atoms with E-state index in [0.717, 1.165) is 19.4 Å². The number of hydrogen-bond acceptors (Lipinski definition) is 4. The van der Waals surface area contributed by atoms with Crippen molar-refractivity contribution in [1.82, 2.24) is 10.3 Å². The Hall–Kier alpha value is -1.33. The van der Waals surface area contributed by atoms with Crippen LogP contribution in [-0.2, 0) is 4.79 Å². The number of fused-ring (bicyclic) bond motifs is 3. The zero-order valence-corrected chi connectivity index (χ0v) is 12.3. The maximum absolute atomic E-state index is 12.4. The van der Waals surface area contributed by atoms with Gasteiger partial charge >= 0.3 is 0 Å². The number of nitrogens with one attached hydrogen (secondary N) is 2. The molecule has 4 rings (SSSR count). The smallest absolute Gasteiger partial charge is 0.230 e. The molecular weight excluding hydrogens is 278 g/mol. The second-order valence-electron chi connectivity index (χ2n) is 5.34. The largest absolute Gasteiger partial charge is 0.493 e. The molecule has 2 bridgehead atoms. The van der Waals surface area contributed by atoms with Gasteiger partial charge < -0.3 is 15.4 Å². The van der Waals surface area contributed by atoms with E-state index in [4.69, 9.17) is 4.74 Å². The third kappa shape index (κ3) is 2.88. The van der Waals surface area contributed by atoms with Crippen LogP contribution < -0.4 is 15.4 Å². The number of anilines is 1. The molecule has 3 atom stereocenters. The number of pyridine rings is 1. The summed E-state index contributed by atoms with van der Waals surface area (Å²) in [7, 11) is 1.58. The Kier molecular flexibility index (Phi) is 4.83. The molecule has 3 unspecified atom stereocenters. The van der Waals surface area contributed by atoms with Crippen LogP contribution in [0.2, 0.25) is 0 Å². The van der Waals surface area contributed by atoms with Crippen LogP contribution in [0.3, 0.4) is 0 Å². The van der Waals surface area contributed by atoms with Crippen molar-refractivity contribution in [1.29, 1.82) is 0 Å². The number of methoxy groups -OCH3 is 1. The van der Waals surface area contributed by atoms with Gasteiger partial charge in [-0.2, -0.15) is 0 Å². The lowest BCUT2D eigenvalue weighted by Crippen LogP contribution is -2.53. The van der Waals surface area contributed by atoms with Crippen LogP contribution in [0.4, 0.5) is 5.82 Å². The molecule has 20 heavy (non-hydrogen) atoms. The van der Waals surface area contributed by atoms with E-state index < -0.39 is 0 Å². The highest BCUT2D eigenvalue weighted by Gasteiger charge is 2.39. The fourth-order valence-electron chi connectivity index (χ4n) is 3.15. The van der Waals surface area contributed by atoms with E-state index in [9.17, 15) is 4.79 Å². The highest BCUT2D eigenvalue weighted by molar-refractivity contribution is 5.93. The lowest BCUT2D eigenvalue weighted by atomic mass is 9.73. The minimum absolute atomic E-state index is 0. The summed E-state index contributed by atoms with van der Waals surface area (Å²) < 4.78 is 5.20. The van der Waals surface area contributed by atoms with Crippen molar-refractivity contribution in [2.24, 2.45) is 11.8 Å². The number of nitrogens with zero attached hydrogens (tertiary/aromatic N) is 1. The second kappa shape index (κ2) is 6.41. The van der Waals surface area contributed by atoms with Gasteiger partial charge in [0.15, 0.2) is 11.6 Å². The Labute approximate surface area is 124 Å². The molecule has 3 heterocycles. The van der Waals surface area contributed by atoms with Gasteiger partial charge in [-0.1, -0.05) is 0 Å². The van der Waals surface area contributed by atoms with Gasteiger partial charge in [0, 0.05) is 12.2 Å². The van der Waals surface area contributed by atoms with Crippen molar-refractivity contribution in [3.63, 3.8) is 0 Å². The maximum Gasteiger partial charge on any atom is 0.230 e. The highest BCUT2D eigenvalue weighted by atomic mass is 35.5. The van der Waals surface area contributed by atoms with Crippen molar-refractivity contribution < 1.29 is 9.53 Å². The van der Waals surface area contributed by atoms with E-state index >= 15 is 0 Å². The second-order valence-corrected chi connectivity index (χ2v) is 5.34. The fraction of sp³-hybridized carbons (Fsp3) is 0.571. The first kappa shape index (κ1) is 15.1. The summed E-state index contributed by atoms with van der Waals surface area (Å²) in [5.74, 6) is 1.87. The molecule has 1 aromatic heterocycles. The van der Waals surface area contributed by atoms with Gasteiger partial charge in [0.05, 0.1) is 13.0 Å². The average Bonchev–Trinajstić information content (AvgIpc) is 2.49. The molecule has 0 radical (unpaired) electrons. The Bertz CT molecular complexity index is 475. The molecule has 0 aromatic carbocycles. The normalized spacial score (nSPS) is 27.6. The van der Waals surface area contributed by atoms with Crippen LogP contribution in [0.5, 0.6) is 5.75 Å². The van der Waals surface area contributed by atoms with Gasteiger partial charge in [0.25, 0.3) is 0 Å². The summed E-state index contributed by atoms with van der Waals surface area (Å²) in [4.78, 5) is 16.5. The fourth-order valence-corrected chi connectivity index (χ4v) is 3.15. The number of aromatic nitrogens is 1. The summed E-state index contributed by atoms with van der Waals surface area (Å²) in [5, 5.41) is 6.35. The van der Waals surface area contributed by atoms with Gasteiger partial charge in [0.2, 0.25) is 5.91 Å². The maximum atomic E-state index is 12.4. The summed E-state index contributed by atoms with van der Waals surface area (Å²) in [6.07, 6.45) is 4.98. The van der Waals surface area contributed by atoms with Gasteiger partial charge in [-0.15, -0.1) is 12.4 Å². The first-order valence-electron chi connectivity index (χ1n) is 6.81. The molecule has 110 valence electrons. The van der Waals surface area contributed by atoms with Crippen molar-refractivity contribution in [2.45, 2.75) is 25.3 Å². The van der Waals surface area contributed by atoms with Crippen LogP contribution in [0.1, 0.15) is 19.3 Å². The number of carbonyl (C=O) groups is 1. The molecule has 6 heteroatoms. The van der Waals surface area contributed by atoms with Crippen LogP contribution in [0, 0.1) is 11.8 Å². The number of rotatable bonds is 3. The van der Waals surface area contributed by atoms with Crippen LogP contribution in [0.25, 0.3) is 0 Å². The number of ether oxygens (including phenoxy) is 1. The Morgan fingerprint density at radius 1 is 1.50 bits per heavy atom. The zero-order valence-electron chi connectivity index (χ0n) is 11.5. The van der Waals surface area contributed by atoms with Gasteiger partial charge in [-0.25, -0.2) is 4.98 Å². The van der Waals surface area contributed by atoms with Gasteiger partial charge in [0.1, 0.15) is 0 Å². The predicted molar refractivity (Wildman–Crippen MR) is 79.3 cm³/mol. The number of piperidine rings is 2. The van der Waals surface area contributed by atoms with E-state index in [-0.39, 0.29) is 24.2 Å². The minimum atomic E-state index is 0. The molecule has 3 aliphatic rings. The SMILES string of the molecule is COc1cccnc1NC(=O)C1CC2CCC1NC2.Cl. The first-order chi connectivity index (χ1) is 9.28. The molecule has 5 nitrogen and oxygen atoms in total. The monoisotopic (exact) mass is 297 g/mol. The van der Waals surface area contributed by atoms with E-state index in [1.165, 1.54) is 6.42 Å². The number of hydrogen-bond donors (Lipinski definition) is 2. The molecule has 1 aliphatic carbocycles. The van der Waals surface area contributed by atoms with Gasteiger partial charge in [-0.3, -0.25) is 4.79 Å². The molecule has 0 spiro atoms. The molecule has 3 fully saturated rings. The topological polar surface area (TPSA) is 63.2 Å². The molecule has 1 saturated carbocycles. The van der Waals surface area contributed by atoms with Crippen molar-refractivity contribution in [2.75, 3.05) is 19.0 Å². The highest BCUT2D eigenvalue weighted by Crippen LogP contribution is 2.34. The molecular formula is C14H20ClN3O2. The quantitative estimate of drug-likeness (QED) is 0.893. The zero-order chi connectivity index (χ0) is 13.2. The summed E-state index contributed by atoms with van der Waals surface area (Å²) in [6, 6.07) is 3.91. The van der Waals surface area contributed by atoms with Crippen molar-refractivity contribution >= 4 is 24.1 Å². The Morgan fingerprint density at radius 2 is 2.35 bits per heavy atom. The Morgan fingerprint density at radius 3 is 2.95 bits per heavy atom. The lowest BCUT2D eigenvalue weighted by Gasteiger charge is -2.42. The van der Waals surface area contributed by atoms with E-state index in [0.29, 0.717) is 23.5 Å². The van der Waals surface area contributed by atoms with E-state index in [2.05, 4.69) is 15.6 Å². The first-order valence-corrected chi connectivity index (χ1v) is 6.81. The van der Waals surface area contributed by atoms with Crippen molar-refractivity contribution in [3.05, 3.63) is 18.3 Å². The average molecular weight is 298 g/mol. The van der Waals surface area contributed by atoms with E-state index in [1.807, 2.05) is 0 Å². The van der Waals surface area contributed by atoms with E-state index in [1.54, 1.807) is 25.4 Å². The third-order valence-corrected chi connectivity index (χ3v) is 4.20. The summed E-state index contributed by atoms with van der Waals surface area (Å²) >= 11 is 0. The number of amides is 1. The summed E-state index contributed by atoms with van der Waals surface area (Å²) in [6.45, 7) is 1.06. The molecule has 2 N–H and O–H groups in total. The van der Waals surface area contributed by atoms with Gasteiger partial charge in [-0.05, 0) is 43.9 Å². The number of halogens is 1. The summed E-state index contributed by atoms with van der Waals surface area (Å²) in [5.41, 5.74) is 0. The van der Waals surface area contributed by atoms with Crippen LogP contribution >= 0.6 is 12.4 Å². The minimum Gasteiger partial charge on any atom is -0.493 e. The standard InChI is InChI=1S/C14H19N3O2.ClH/c1-19-12-3-2-6-15-13(12)17-14(18)10-7-9-4-5-11(10)16-8-9;/h2-3,6,9-11,16H,4-5,7-8H2,1H3,(H,15,17,18);1H. The molecule has 1 amide bonds. The van der Waals surface area contributed by atoms with Crippen LogP contribution in [-0.4, -0.2) is 30.6 Å².